The van der Waals surface area contributed by atoms with Gasteiger partial charge in [0.2, 0.25) is 5.82 Å². The molecule has 0 saturated heterocycles. The lowest BCUT2D eigenvalue weighted by Gasteiger charge is -2.38. The molecule has 1 N–H and O–H groups in total. The molecule has 0 aromatic heterocycles. The molecule has 1 heterocycles. The van der Waals surface area contributed by atoms with Gasteiger partial charge in [-0.05, 0) is 32.0 Å². The highest BCUT2D eigenvalue weighted by atomic mass is 19.1. The maximum atomic E-state index is 13.8. The quantitative estimate of drug-likeness (QED) is 0.671. The number of nitro benzene ring substituents is 1. The molecule has 0 bridgehead atoms. The van der Waals surface area contributed by atoms with Crippen molar-refractivity contribution in [2.45, 2.75) is 31.9 Å². The number of hydrogen-bond donors (Lipinski definition) is 1. The van der Waals surface area contributed by atoms with Crippen molar-refractivity contribution in [2.24, 2.45) is 0 Å². The Labute approximate surface area is 133 Å². The first kappa shape index (κ1) is 15.3. The second kappa shape index (κ2) is 5.53. The van der Waals surface area contributed by atoms with Crippen molar-refractivity contribution in [3.8, 4) is 5.75 Å². The van der Waals surface area contributed by atoms with Gasteiger partial charge in [0, 0.05) is 12.0 Å². The Morgan fingerprint density at radius 2 is 2.00 bits per heavy atom. The van der Waals surface area contributed by atoms with Crippen LogP contribution in [0.4, 0.5) is 15.8 Å². The summed E-state index contributed by atoms with van der Waals surface area (Å²) in [6.45, 7) is 3.91. The van der Waals surface area contributed by atoms with E-state index in [-0.39, 0.29) is 11.7 Å². The molecule has 2 aromatic rings. The average Bonchev–Trinajstić information content (AvgIpc) is 2.45. The van der Waals surface area contributed by atoms with Crippen LogP contribution in [-0.2, 0) is 0 Å². The molecule has 120 valence electrons. The molecule has 0 fully saturated rings. The van der Waals surface area contributed by atoms with Crippen molar-refractivity contribution in [3.05, 3.63) is 64.0 Å². The van der Waals surface area contributed by atoms with E-state index in [1.54, 1.807) is 0 Å². The Morgan fingerprint density at radius 1 is 1.26 bits per heavy atom. The number of nitrogens with one attached hydrogen (secondary N) is 1. The Hall–Kier alpha value is -2.63. The molecule has 1 unspecified atom stereocenters. The van der Waals surface area contributed by atoms with Crippen LogP contribution in [0.3, 0.4) is 0 Å². The minimum Gasteiger partial charge on any atom is -0.487 e. The summed E-state index contributed by atoms with van der Waals surface area (Å²) in [5.41, 5.74) is 0.126. The first-order valence-electron chi connectivity index (χ1n) is 7.35. The fourth-order valence-electron chi connectivity index (χ4n) is 2.94. The lowest BCUT2D eigenvalue weighted by molar-refractivity contribution is -0.386. The summed E-state index contributed by atoms with van der Waals surface area (Å²) in [5, 5.41) is 14.3. The van der Waals surface area contributed by atoms with Crippen molar-refractivity contribution in [1.29, 1.82) is 0 Å². The van der Waals surface area contributed by atoms with Crippen LogP contribution in [-0.4, -0.2) is 10.5 Å². The van der Waals surface area contributed by atoms with Gasteiger partial charge in [-0.25, -0.2) is 0 Å². The fraction of sp³-hybridized carbons (Fsp3) is 0.294. The third-order valence-corrected chi connectivity index (χ3v) is 3.88. The summed E-state index contributed by atoms with van der Waals surface area (Å²) < 4.78 is 19.7. The van der Waals surface area contributed by atoms with E-state index in [2.05, 4.69) is 5.32 Å². The standard InChI is InChI=1S/C17H17FN2O3/c1-17(2)10-14(11-6-3-4-9-15(11)23-17)19-13-8-5-7-12(18)16(13)20(21)22/h3-9,14,19H,10H2,1-2H3. The molecule has 1 aliphatic rings. The Kier molecular flexibility index (Phi) is 3.67. The molecular weight excluding hydrogens is 299 g/mol. The molecule has 2 aromatic carbocycles. The maximum absolute atomic E-state index is 13.8. The van der Waals surface area contributed by atoms with E-state index >= 15 is 0 Å². The van der Waals surface area contributed by atoms with Gasteiger partial charge in [0.1, 0.15) is 17.0 Å². The van der Waals surface area contributed by atoms with Gasteiger partial charge in [-0.3, -0.25) is 10.1 Å². The SMILES string of the molecule is CC1(C)CC(Nc2cccc(F)c2[N+](=O)[O-])c2ccccc2O1. The van der Waals surface area contributed by atoms with Gasteiger partial charge in [0.05, 0.1) is 11.0 Å². The van der Waals surface area contributed by atoms with Crippen molar-refractivity contribution in [3.63, 3.8) is 0 Å². The van der Waals surface area contributed by atoms with Crippen LogP contribution in [0.2, 0.25) is 0 Å². The molecule has 3 rings (SSSR count). The van der Waals surface area contributed by atoms with Crippen LogP contribution in [0, 0.1) is 15.9 Å². The fourth-order valence-corrected chi connectivity index (χ4v) is 2.94. The summed E-state index contributed by atoms with van der Waals surface area (Å²) in [5.74, 6) is -0.111. The molecule has 0 radical (unpaired) electrons. The number of ether oxygens (including phenoxy) is 1. The van der Waals surface area contributed by atoms with E-state index in [9.17, 15) is 14.5 Å². The number of rotatable bonds is 3. The molecule has 1 aliphatic heterocycles. The third kappa shape index (κ3) is 2.97. The molecule has 0 saturated carbocycles. The van der Waals surface area contributed by atoms with E-state index < -0.39 is 22.0 Å². The number of para-hydroxylation sites is 2. The Bertz CT molecular complexity index is 761. The van der Waals surface area contributed by atoms with E-state index in [1.165, 1.54) is 12.1 Å². The van der Waals surface area contributed by atoms with Crippen LogP contribution in [0.5, 0.6) is 5.75 Å². The topological polar surface area (TPSA) is 64.4 Å². The monoisotopic (exact) mass is 316 g/mol. The van der Waals surface area contributed by atoms with Crippen LogP contribution in [0.25, 0.3) is 0 Å². The number of nitro groups is 1. The van der Waals surface area contributed by atoms with Gasteiger partial charge in [-0.15, -0.1) is 0 Å². The molecule has 23 heavy (non-hydrogen) atoms. The zero-order chi connectivity index (χ0) is 16.6. The molecule has 1 atom stereocenters. The number of hydrogen-bond acceptors (Lipinski definition) is 4. The zero-order valence-electron chi connectivity index (χ0n) is 12.9. The van der Waals surface area contributed by atoms with E-state index in [4.69, 9.17) is 4.74 Å². The molecule has 0 spiro atoms. The van der Waals surface area contributed by atoms with Crippen LogP contribution >= 0.6 is 0 Å². The molecular formula is C17H17FN2O3. The minimum atomic E-state index is -0.848. The first-order valence-corrected chi connectivity index (χ1v) is 7.35. The normalized spacial score (nSPS) is 18.7. The van der Waals surface area contributed by atoms with Crippen LogP contribution < -0.4 is 10.1 Å². The van der Waals surface area contributed by atoms with Gasteiger partial charge < -0.3 is 10.1 Å². The Morgan fingerprint density at radius 3 is 2.74 bits per heavy atom. The van der Waals surface area contributed by atoms with E-state index in [0.29, 0.717) is 6.42 Å². The lowest BCUT2D eigenvalue weighted by atomic mass is 9.89. The van der Waals surface area contributed by atoms with Gasteiger partial charge in [-0.2, -0.15) is 4.39 Å². The van der Waals surface area contributed by atoms with Crippen molar-refractivity contribution in [1.82, 2.24) is 0 Å². The van der Waals surface area contributed by atoms with E-state index in [1.807, 2.05) is 38.1 Å². The smallest absolute Gasteiger partial charge is 0.327 e. The minimum absolute atomic E-state index is 0.174. The van der Waals surface area contributed by atoms with Gasteiger partial charge in [0.25, 0.3) is 0 Å². The number of anilines is 1. The molecule has 6 heteroatoms. The van der Waals surface area contributed by atoms with Crippen molar-refractivity contribution >= 4 is 11.4 Å². The van der Waals surface area contributed by atoms with Gasteiger partial charge in [0.15, 0.2) is 0 Å². The summed E-state index contributed by atoms with van der Waals surface area (Å²) in [6, 6.07) is 11.4. The van der Waals surface area contributed by atoms with Crippen LogP contribution in [0.15, 0.2) is 42.5 Å². The lowest BCUT2D eigenvalue weighted by Crippen LogP contribution is -2.37. The van der Waals surface area contributed by atoms with Crippen LogP contribution in [0.1, 0.15) is 31.9 Å². The van der Waals surface area contributed by atoms with Crippen molar-refractivity contribution in [2.75, 3.05) is 5.32 Å². The second-order valence-electron chi connectivity index (χ2n) is 6.19. The van der Waals surface area contributed by atoms with Gasteiger partial charge in [-0.1, -0.05) is 24.3 Å². The number of nitrogens with zero attached hydrogens (tertiary/aromatic N) is 1. The van der Waals surface area contributed by atoms with Gasteiger partial charge >= 0.3 is 5.69 Å². The maximum Gasteiger partial charge on any atom is 0.327 e. The average molecular weight is 316 g/mol. The summed E-state index contributed by atoms with van der Waals surface area (Å²) in [6.07, 6.45) is 0.609. The summed E-state index contributed by atoms with van der Waals surface area (Å²) in [7, 11) is 0. The second-order valence-corrected chi connectivity index (χ2v) is 6.19. The summed E-state index contributed by atoms with van der Waals surface area (Å²) in [4.78, 5) is 10.5. The number of benzene rings is 2. The highest BCUT2D eigenvalue weighted by Crippen LogP contribution is 2.42. The van der Waals surface area contributed by atoms with Crippen molar-refractivity contribution < 1.29 is 14.1 Å². The molecule has 0 amide bonds. The predicted octanol–water partition coefficient (Wildman–Crippen LogP) is 4.45. The Balaban J connectivity index is 2.01. The highest BCUT2D eigenvalue weighted by Gasteiger charge is 2.34. The third-order valence-electron chi connectivity index (χ3n) is 3.88. The number of halogens is 1. The molecule has 0 aliphatic carbocycles. The van der Waals surface area contributed by atoms with E-state index in [0.717, 1.165) is 17.4 Å². The first-order chi connectivity index (χ1) is 10.9. The molecule has 5 nitrogen and oxygen atoms in total. The highest BCUT2D eigenvalue weighted by molar-refractivity contribution is 5.63. The largest absolute Gasteiger partial charge is 0.487 e. The predicted molar refractivity (Wildman–Crippen MR) is 85.2 cm³/mol. The zero-order valence-corrected chi connectivity index (χ0v) is 12.9. The number of fused-ring (bicyclic) bond motifs is 1. The summed E-state index contributed by atoms with van der Waals surface area (Å²) >= 11 is 0.